The van der Waals surface area contributed by atoms with Crippen LogP contribution < -0.4 is 0 Å². The lowest BCUT2D eigenvalue weighted by Gasteiger charge is -2.11. The van der Waals surface area contributed by atoms with Gasteiger partial charge in [-0.1, -0.05) is 18.2 Å². The third kappa shape index (κ3) is 2.40. The number of carbonyl (C=O) groups excluding carboxylic acids is 1. The molecule has 0 heterocycles. The number of nitriles is 1. The van der Waals surface area contributed by atoms with E-state index in [0.29, 0.717) is 18.6 Å². The van der Waals surface area contributed by atoms with E-state index in [9.17, 15) is 4.79 Å². The van der Waals surface area contributed by atoms with Gasteiger partial charge in [0.25, 0.3) is 0 Å². The summed E-state index contributed by atoms with van der Waals surface area (Å²) in [6.45, 7) is 0.369. The molecule has 0 amide bonds. The lowest BCUT2D eigenvalue weighted by molar-refractivity contribution is 0.0419. The van der Waals surface area contributed by atoms with Gasteiger partial charge < -0.3 is 4.74 Å². The van der Waals surface area contributed by atoms with E-state index in [1.54, 1.807) is 24.3 Å². The second kappa shape index (κ2) is 4.36. The molecule has 0 spiro atoms. The molecule has 1 aromatic rings. The van der Waals surface area contributed by atoms with Crippen LogP contribution in [0.2, 0.25) is 0 Å². The van der Waals surface area contributed by atoms with Crippen molar-refractivity contribution in [1.29, 1.82) is 5.26 Å². The zero-order chi connectivity index (χ0) is 11.4. The van der Waals surface area contributed by atoms with Gasteiger partial charge in [-0.2, -0.15) is 5.26 Å². The number of esters is 1. The highest BCUT2D eigenvalue weighted by Gasteiger charge is 2.43. The molecule has 3 nitrogen and oxygen atoms in total. The molecule has 0 N–H and O–H groups in total. The third-order valence-electron chi connectivity index (χ3n) is 2.93. The maximum absolute atomic E-state index is 11.6. The summed E-state index contributed by atoms with van der Waals surface area (Å²) in [6, 6.07) is 11.1. The van der Waals surface area contributed by atoms with Crippen LogP contribution in [0.4, 0.5) is 0 Å². The van der Waals surface area contributed by atoms with Crippen molar-refractivity contribution in [3.8, 4) is 6.07 Å². The number of hydrogen-bond acceptors (Lipinski definition) is 3. The average molecular weight is 215 g/mol. The first kappa shape index (κ1) is 10.7. The molecule has 1 fully saturated rings. The standard InChI is InChI=1S/C13H13NO2/c14-9-8-13(6-7-13)10-16-12(15)11-4-2-1-3-5-11/h1-5H,6-8,10H2. The van der Waals surface area contributed by atoms with Gasteiger partial charge in [-0.25, -0.2) is 4.79 Å². The van der Waals surface area contributed by atoms with Crippen molar-refractivity contribution in [2.75, 3.05) is 6.61 Å². The Morgan fingerprint density at radius 3 is 2.62 bits per heavy atom. The number of carbonyl (C=O) groups is 1. The fraction of sp³-hybridized carbons (Fsp3) is 0.385. The minimum Gasteiger partial charge on any atom is -0.461 e. The molecule has 82 valence electrons. The zero-order valence-electron chi connectivity index (χ0n) is 8.98. The Labute approximate surface area is 94.6 Å². The molecule has 1 saturated carbocycles. The van der Waals surface area contributed by atoms with Gasteiger partial charge in [-0.05, 0) is 25.0 Å². The van der Waals surface area contributed by atoms with Crippen LogP contribution in [0.3, 0.4) is 0 Å². The average Bonchev–Trinajstić information content (AvgIpc) is 3.08. The fourth-order valence-electron chi connectivity index (χ4n) is 1.59. The van der Waals surface area contributed by atoms with Gasteiger partial charge in [0.1, 0.15) is 0 Å². The molecule has 0 atom stereocenters. The van der Waals surface area contributed by atoms with Crippen molar-refractivity contribution in [3.05, 3.63) is 35.9 Å². The summed E-state index contributed by atoms with van der Waals surface area (Å²) in [7, 11) is 0. The number of nitrogens with zero attached hydrogens (tertiary/aromatic N) is 1. The van der Waals surface area contributed by atoms with Gasteiger partial charge in [0.15, 0.2) is 0 Å². The number of ether oxygens (including phenoxy) is 1. The maximum atomic E-state index is 11.6. The Balaban J connectivity index is 1.88. The van der Waals surface area contributed by atoms with E-state index in [1.165, 1.54) is 0 Å². The summed E-state index contributed by atoms with van der Waals surface area (Å²) in [4.78, 5) is 11.6. The summed E-state index contributed by atoms with van der Waals surface area (Å²) in [5, 5.41) is 8.63. The highest BCUT2D eigenvalue weighted by atomic mass is 16.5. The molecule has 16 heavy (non-hydrogen) atoms. The van der Waals surface area contributed by atoms with E-state index >= 15 is 0 Å². The monoisotopic (exact) mass is 215 g/mol. The Morgan fingerprint density at radius 1 is 1.38 bits per heavy atom. The van der Waals surface area contributed by atoms with Crippen LogP contribution in [-0.2, 0) is 4.74 Å². The van der Waals surface area contributed by atoms with E-state index in [2.05, 4.69) is 6.07 Å². The minimum absolute atomic E-state index is 0.0425. The first-order valence-corrected chi connectivity index (χ1v) is 5.35. The van der Waals surface area contributed by atoms with E-state index in [1.807, 2.05) is 6.07 Å². The molecule has 0 aliphatic heterocycles. The molecular formula is C13H13NO2. The number of hydrogen-bond donors (Lipinski definition) is 0. The fourth-order valence-corrected chi connectivity index (χ4v) is 1.59. The van der Waals surface area contributed by atoms with E-state index in [0.717, 1.165) is 12.8 Å². The summed E-state index contributed by atoms with van der Waals surface area (Å²) < 4.78 is 5.22. The van der Waals surface area contributed by atoms with Crippen LogP contribution in [0.5, 0.6) is 0 Å². The molecule has 0 saturated heterocycles. The van der Waals surface area contributed by atoms with Crippen molar-refractivity contribution in [2.45, 2.75) is 19.3 Å². The highest BCUT2D eigenvalue weighted by Crippen LogP contribution is 2.48. The third-order valence-corrected chi connectivity index (χ3v) is 2.93. The van der Waals surface area contributed by atoms with Crippen LogP contribution in [0, 0.1) is 16.7 Å². The second-order valence-electron chi connectivity index (χ2n) is 4.28. The Morgan fingerprint density at radius 2 is 2.06 bits per heavy atom. The highest BCUT2D eigenvalue weighted by molar-refractivity contribution is 5.89. The van der Waals surface area contributed by atoms with Gasteiger partial charge in [-0.3, -0.25) is 0 Å². The molecule has 1 aromatic carbocycles. The largest absolute Gasteiger partial charge is 0.461 e. The zero-order valence-corrected chi connectivity index (χ0v) is 8.98. The molecule has 3 heteroatoms. The van der Waals surface area contributed by atoms with Gasteiger partial charge in [-0.15, -0.1) is 0 Å². The van der Waals surface area contributed by atoms with Crippen molar-refractivity contribution >= 4 is 5.97 Å². The first-order chi connectivity index (χ1) is 7.76. The van der Waals surface area contributed by atoms with Gasteiger partial charge in [0.2, 0.25) is 0 Å². The molecule has 0 radical (unpaired) electrons. The van der Waals surface area contributed by atoms with Gasteiger partial charge in [0.05, 0.1) is 18.2 Å². The van der Waals surface area contributed by atoms with Gasteiger partial charge in [0, 0.05) is 11.8 Å². The number of benzene rings is 1. The molecule has 0 aromatic heterocycles. The molecular weight excluding hydrogens is 202 g/mol. The van der Waals surface area contributed by atoms with Crippen LogP contribution in [0.1, 0.15) is 29.6 Å². The SMILES string of the molecule is N#CCC1(COC(=O)c2ccccc2)CC1. The van der Waals surface area contributed by atoms with Crippen LogP contribution in [-0.4, -0.2) is 12.6 Å². The molecule has 2 rings (SSSR count). The topological polar surface area (TPSA) is 50.1 Å². The van der Waals surface area contributed by atoms with Crippen LogP contribution >= 0.6 is 0 Å². The summed E-state index contributed by atoms with van der Waals surface area (Å²) >= 11 is 0. The van der Waals surface area contributed by atoms with E-state index < -0.39 is 0 Å². The molecule has 1 aliphatic carbocycles. The predicted octanol–water partition coefficient (Wildman–Crippen LogP) is 2.54. The van der Waals surface area contributed by atoms with Gasteiger partial charge >= 0.3 is 5.97 Å². The van der Waals surface area contributed by atoms with Crippen molar-refractivity contribution in [1.82, 2.24) is 0 Å². The Bertz CT molecular complexity index is 415. The van der Waals surface area contributed by atoms with Crippen LogP contribution in [0.15, 0.2) is 30.3 Å². The quantitative estimate of drug-likeness (QED) is 0.725. The molecule has 0 unspecified atom stereocenters. The smallest absolute Gasteiger partial charge is 0.338 e. The predicted molar refractivity (Wildman–Crippen MR) is 58.6 cm³/mol. The Hall–Kier alpha value is -1.82. The van der Waals surface area contributed by atoms with Crippen molar-refractivity contribution < 1.29 is 9.53 Å². The van der Waals surface area contributed by atoms with Crippen molar-refractivity contribution in [2.24, 2.45) is 5.41 Å². The summed E-state index contributed by atoms with van der Waals surface area (Å²) in [5.41, 5.74) is 0.523. The van der Waals surface area contributed by atoms with E-state index in [4.69, 9.17) is 10.00 Å². The summed E-state index contributed by atoms with van der Waals surface area (Å²) in [5.74, 6) is -0.301. The first-order valence-electron chi connectivity index (χ1n) is 5.35. The van der Waals surface area contributed by atoms with Crippen molar-refractivity contribution in [3.63, 3.8) is 0 Å². The second-order valence-corrected chi connectivity index (χ2v) is 4.28. The lowest BCUT2D eigenvalue weighted by atomic mass is 10.1. The normalized spacial score (nSPS) is 16.2. The molecule has 0 bridgehead atoms. The maximum Gasteiger partial charge on any atom is 0.338 e. The van der Waals surface area contributed by atoms with E-state index in [-0.39, 0.29) is 11.4 Å². The molecule has 1 aliphatic rings. The number of rotatable bonds is 4. The summed E-state index contributed by atoms with van der Waals surface area (Å²) in [6.07, 6.45) is 2.46. The van der Waals surface area contributed by atoms with Crippen LogP contribution in [0.25, 0.3) is 0 Å². The Kier molecular flexibility index (Phi) is 2.91. The minimum atomic E-state index is -0.301. The lowest BCUT2D eigenvalue weighted by Crippen LogP contribution is -2.14.